The second-order valence-electron chi connectivity index (χ2n) is 5.79. The molecule has 5 heteroatoms. The number of imidazole rings is 1. The van der Waals surface area contributed by atoms with Gasteiger partial charge in [-0.05, 0) is 30.9 Å². The van der Waals surface area contributed by atoms with Crippen molar-refractivity contribution in [2.75, 3.05) is 7.11 Å². The van der Waals surface area contributed by atoms with Crippen molar-refractivity contribution in [3.63, 3.8) is 0 Å². The molecule has 2 heterocycles. The Bertz CT molecular complexity index is 619. The predicted octanol–water partition coefficient (Wildman–Crippen LogP) is 2.32. The Morgan fingerprint density at radius 3 is 2.81 bits per heavy atom. The third-order valence-corrected chi connectivity index (χ3v) is 3.37. The van der Waals surface area contributed by atoms with E-state index in [1.807, 2.05) is 35.9 Å². The number of carbonyl (C=O) groups excluding carboxylic acids is 1. The highest BCUT2D eigenvalue weighted by molar-refractivity contribution is 5.75. The molecule has 2 aromatic rings. The van der Waals surface area contributed by atoms with Gasteiger partial charge in [0.15, 0.2) is 0 Å². The maximum Gasteiger partial charge on any atom is 0.322 e. The molecule has 2 aromatic heterocycles. The van der Waals surface area contributed by atoms with Crippen LogP contribution in [-0.4, -0.2) is 28.5 Å². The van der Waals surface area contributed by atoms with Gasteiger partial charge in [0.1, 0.15) is 11.7 Å². The Balaban J connectivity index is 2.06. The maximum absolute atomic E-state index is 11.8. The minimum absolute atomic E-state index is 0.219. The van der Waals surface area contributed by atoms with E-state index in [2.05, 4.69) is 24.1 Å². The predicted molar refractivity (Wildman–Crippen MR) is 82.0 cm³/mol. The first-order valence-corrected chi connectivity index (χ1v) is 7.25. The number of nitrogens with one attached hydrogen (secondary N) is 1. The Morgan fingerprint density at radius 2 is 2.14 bits per heavy atom. The first-order chi connectivity index (χ1) is 9.99. The topological polar surface area (TPSA) is 55.6 Å². The van der Waals surface area contributed by atoms with E-state index in [1.165, 1.54) is 12.7 Å². The van der Waals surface area contributed by atoms with E-state index in [0.717, 1.165) is 17.8 Å². The number of ether oxygens (including phenoxy) is 1. The van der Waals surface area contributed by atoms with Gasteiger partial charge >= 0.3 is 5.97 Å². The van der Waals surface area contributed by atoms with E-state index in [-0.39, 0.29) is 12.0 Å². The first-order valence-electron chi connectivity index (χ1n) is 7.25. The summed E-state index contributed by atoms with van der Waals surface area (Å²) in [5.74, 6) is 0.202. The lowest BCUT2D eigenvalue weighted by Crippen LogP contribution is -2.38. The van der Waals surface area contributed by atoms with Gasteiger partial charge in [-0.25, -0.2) is 4.98 Å². The summed E-state index contributed by atoms with van der Waals surface area (Å²) in [4.78, 5) is 16.3. The van der Waals surface area contributed by atoms with Gasteiger partial charge in [0, 0.05) is 18.9 Å². The molecule has 1 N–H and O–H groups in total. The fourth-order valence-corrected chi connectivity index (χ4v) is 2.35. The highest BCUT2D eigenvalue weighted by Crippen LogP contribution is 2.10. The van der Waals surface area contributed by atoms with Crippen LogP contribution in [0.1, 0.15) is 31.5 Å². The lowest BCUT2D eigenvalue weighted by Gasteiger charge is -2.17. The van der Waals surface area contributed by atoms with E-state index in [9.17, 15) is 4.79 Å². The van der Waals surface area contributed by atoms with E-state index in [1.54, 1.807) is 0 Å². The minimum atomic E-state index is -0.290. The van der Waals surface area contributed by atoms with Gasteiger partial charge in [-0.15, -0.1) is 0 Å². The average molecular weight is 289 g/mol. The SMILES string of the molecule is COC(=O)C(CC(C)C)NCc1cn2cc(C)ccc2n1. The van der Waals surface area contributed by atoms with Crippen LogP contribution >= 0.6 is 0 Å². The smallest absolute Gasteiger partial charge is 0.322 e. The molecule has 1 unspecified atom stereocenters. The van der Waals surface area contributed by atoms with Crippen LogP contribution in [0.5, 0.6) is 0 Å². The molecule has 0 aliphatic rings. The molecule has 0 aliphatic carbocycles. The molecule has 21 heavy (non-hydrogen) atoms. The van der Waals surface area contributed by atoms with Crippen molar-refractivity contribution < 1.29 is 9.53 Å². The van der Waals surface area contributed by atoms with Crippen molar-refractivity contribution in [1.82, 2.24) is 14.7 Å². The molecule has 114 valence electrons. The first kappa shape index (κ1) is 15.5. The molecular weight excluding hydrogens is 266 g/mol. The minimum Gasteiger partial charge on any atom is -0.468 e. The molecule has 0 saturated heterocycles. The number of nitrogens with zero attached hydrogens (tertiary/aromatic N) is 2. The van der Waals surface area contributed by atoms with Gasteiger partial charge in [0.05, 0.1) is 12.8 Å². The van der Waals surface area contributed by atoms with Crippen LogP contribution in [0.2, 0.25) is 0 Å². The number of rotatable bonds is 6. The number of hydrogen-bond acceptors (Lipinski definition) is 4. The van der Waals surface area contributed by atoms with Gasteiger partial charge < -0.3 is 9.14 Å². The molecule has 0 amide bonds. The normalized spacial score (nSPS) is 12.8. The molecule has 0 spiro atoms. The lowest BCUT2D eigenvalue weighted by atomic mass is 10.0. The second-order valence-corrected chi connectivity index (χ2v) is 5.79. The molecule has 0 fully saturated rings. The Labute approximate surface area is 125 Å². The summed E-state index contributed by atoms with van der Waals surface area (Å²) in [6, 6.07) is 3.74. The molecule has 0 saturated carbocycles. The average Bonchev–Trinajstić information content (AvgIpc) is 2.84. The van der Waals surface area contributed by atoms with Gasteiger partial charge in [0.2, 0.25) is 0 Å². The second kappa shape index (κ2) is 6.72. The molecule has 0 aliphatic heterocycles. The van der Waals surface area contributed by atoms with Crippen molar-refractivity contribution in [3.8, 4) is 0 Å². The summed E-state index contributed by atoms with van der Waals surface area (Å²) in [5.41, 5.74) is 3.01. The van der Waals surface area contributed by atoms with Crippen LogP contribution < -0.4 is 5.32 Å². The summed E-state index contributed by atoms with van der Waals surface area (Å²) in [6.07, 6.45) is 4.77. The van der Waals surface area contributed by atoms with Crippen LogP contribution in [-0.2, 0) is 16.1 Å². The number of aromatic nitrogens is 2. The zero-order chi connectivity index (χ0) is 15.4. The van der Waals surface area contributed by atoms with Crippen LogP contribution in [0.15, 0.2) is 24.5 Å². The van der Waals surface area contributed by atoms with Crippen molar-refractivity contribution >= 4 is 11.6 Å². The van der Waals surface area contributed by atoms with Gasteiger partial charge in [-0.3, -0.25) is 10.1 Å². The maximum atomic E-state index is 11.8. The van der Waals surface area contributed by atoms with Crippen molar-refractivity contribution in [3.05, 3.63) is 35.8 Å². The number of hydrogen-bond donors (Lipinski definition) is 1. The number of fused-ring (bicyclic) bond motifs is 1. The number of esters is 1. The lowest BCUT2D eigenvalue weighted by molar-refractivity contribution is -0.143. The van der Waals surface area contributed by atoms with Crippen LogP contribution in [0.25, 0.3) is 5.65 Å². The van der Waals surface area contributed by atoms with Crippen molar-refractivity contribution in [1.29, 1.82) is 0 Å². The summed E-state index contributed by atoms with van der Waals surface area (Å²) in [5, 5.41) is 3.24. The highest BCUT2D eigenvalue weighted by Gasteiger charge is 2.20. The zero-order valence-corrected chi connectivity index (χ0v) is 13.1. The molecule has 0 radical (unpaired) electrons. The van der Waals surface area contributed by atoms with Crippen LogP contribution in [0.4, 0.5) is 0 Å². The Hall–Kier alpha value is -1.88. The van der Waals surface area contributed by atoms with Crippen molar-refractivity contribution in [2.24, 2.45) is 5.92 Å². The third kappa shape index (κ3) is 4.04. The number of methoxy groups -OCH3 is 1. The standard InChI is InChI=1S/C16H23N3O2/c1-11(2)7-14(16(20)21-4)17-8-13-10-19-9-12(3)5-6-15(19)18-13/h5-6,9-11,14,17H,7-8H2,1-4H3. The van der Waals surface area contributed by atoms with Crippen LogP contribution in [0, 0.1) is 12.8 Å². The van der Waals surface area contributed by atoms with Crippen LogP contribution in [0.3, 0.4) is 0 Å². The molecule has 2 rings (SSSR count). The summed E-state index contributed by atoms with van der Waals surface area (Å²) in [6.45, 7) is 6.77. The Morgan fingerprint density at radius 1 is 1.38 bits per heavy atom. The number of carbonyl (C=O) groups is 1. The number of aryl methyl sites for hydroxylation is 1. The Kier molecular flexibility index (Phi) is 4.96. The fraction of sp³-hybridized carbons (Fsp3) is 0.500. The van der Waals surface area contributed by atoms with E-state index < -0.39 is 0 Å². The third-order valence-electron chi connectivity index (χ3n) is 3.37. The fourth-order valence-electron chi connectivity index (χ4n) is 2.35. The highest BCUT2D eigenvalue weighted by atomic mass is 16.5. The van der Waals surface area contributed by atoms with E-state index in [4.69, 9.17) is 4.74 Å². The zero-order valence-electron chi connectivity index (χ0n) is 13.1. The summed E-state index contributed by atoms with van der Waals surface area (Å²) < 4.78 is 6.85. The van der Waals surface area contributed by atoms with E-state index >= 15 is 0 Å². The molecular formula is C16H23N3O2. The van der Waals surface area contributed by atoms with Gasteiger partial charge in [-0.2, -0.15) is 0 Å². The van der Waals surface area contributed by atoms with Crippen molar-refractivity contribution in [2.45, 2.75) is 39.8 Å². The summed E-state index contributed by atoms with van der Waals surface area (Å²) in [7, 11) is 1.42. The van der Waals surface area contributed by atoms with Gasteiger partial charge in [-0.1, -0.05) is 19.9 Å². The molecule has 0 bridgehead atoms. The largest absolute Gasteiger partial charge is 0.468 e. The quantitative estimate of drug-likeness (QED) is 0.829. The molecule has 5 nitrogen and oxygen atoms in total. The molecule has 0 aromatic carbocycles. The number of pyridine rings is 1. The van der Waals surface area contributed by atoms with Gasteiger partial charge in [0.25, 0.3) is 0 Å². The molecule has 1 atom stereocenters. The van der Waals surface area contributed by atoms with E-state index in [0.29, 0.717) is 12.5 Å². The summed E-state index contributed by atoms with van der Waals surface area (Å²) >= 11 is 0. The monoisotopic (exact) mass is 289 g/mol.